The van der Waals surface area contributed by atoms with Gasteiger partial charge in [-0.05, 0) is 19.1 Å². The van der Waals surface area contributed by atoms with Crippen molar-refractivity contribution in [3.8, 4) is 0 Å². The second kappa shape index (κ2) is 6.01. The molecule has 0 fully saturated rings. The lowest BCUT2D eigenvalue weighted by atomic mass is 10.2. The van der Waals surface area contributed by atoms with Crippen LogP contribution in [0.5, 0.6) is 0 Å². The van der Waals surface area contributed by atoms with Gasteiger partial charge < -0.3 is 9.73 Å². The summed E-state index contributed by atoms with van der Waals surface area (Å²) in [4.78, 5) is 15.9. The number of carbonyl (C=O) groups is 1. The maximum atomic E-state index is 11.8. The summed E-state index contributed by atoms with van der Waals surface area (Å²) in [5, 5.41) is 11.1. The summed E-state index contributed by atoms with van der Waals surface area (Å²) in [5.41, 5.74) is 0.826. The molecule has 3 rings (SSSR count). The predicted molar refractivity (Wildman–Crippen MR) is 79.9 cm³/mol. The maximum Gasteiger partial charge on any atom is 0.230 e. The van der Waals surface area contributed by atoms with Crippen molar-refractivity contribution < 1.29 is 9.21 Å². The second-order valence-electron chi connectivity index (χ2n) is 4.52. The molecular formula is C14H14N4O2S. The third-order valence-electron chi connectivity index (χ3n) is 2.85. The van der Waals surface area contributed by atoms with Gasteiger partial charge in [0, 0.05) is 5.39 Å². The lowest BCUT2D eigenvalue weighted by Crippen LogP contribution is -2.24. The van der Waals surface area contributed by atoms with Crippen LogP contribution in [-0.2, 0) is 11.3 Å². The van der Waals surface area contributed by atoms with Crippen LogP contribution in [-0.4, -0.2) is 26.8 Å². The van der Waals surface area contributed by atoms with Crippen LogP contribution in [0, 0.1) is 6.92 Å². The number of nitrogens with one attached hydrogen (secondary N) is 2. The van der Waals surface area contributed by atoms with Gasteiger partial charge >= 0.3 is 0 Å². The molecule has 0 radical (unpaired) electrons. The van der Waals surface area contributed by atoms with Crippen molar-refractivity contribution in [2.75, 3.05) is 5.75 Å². The van der Waals surface area contributed by atoms with Gasteiger partial charge in [0.25, 0.3) is 0 Å². The number of hydrogen-bond donors (Lipinski definition) is 2. The number of para-hydroxylation sites is 1. The number of nitrogens with zero attached hydrogens (tertiary/aromatic N) is 2. The van der Waals surface area contributed by atoms with Crippen LogP contribution in [0.25, 0.3) is 11.0 Å². The summed E-state index contributed by atoms with van der Waals surface area (Å²) in [7, 11) is 0. The number of aromatic nitrogens is 3. The van der Waals surface area contributed by atoms with E-state index in [4.69, 9.17) is 4.42 Å². The van der Waals surface area contributed by atoms with Crippen molar-refractivity contribution >= 4 is 28.6 Å². The van der Waals surface area contributed by atoms with Crippen molar-refractivity contribution in [2.45, 2.75) is 18.6 Å². The first-order valence-corrected chi connectivity index (χ1v) is 7.45. The number of furan rings is 1. The summed E-state index contributed by atoms with van der Waals surface area (Å²) in [5.74, 6) is 1.67. The van der Waals surface area contributed by atoms with Crippen LogP contribution in [0.4, 0.5) is 0 Å². The number of aromatic amines is 1. The number of benzene rings is 1. The number of rotatable bonds is 5. The summed E-state index contributed by atoms with van der Waals surface area (Å²) in [6, 6.07) is 9.69. The van der Waals surface area contributed by atoms with Crippen molar-refractivity contribution in [1.29, 1.82) is 0 Å². The Morgan fingerprint density at radius 1 is 1.43 bits per heavy atom. The third-order valence-corrected chi connectivity index (χ3v) is 3.69. The lowest BCUT2D eigenvalue weighted by Gasteiger charge is -2.01. The van der Waals surface area contributed by atoms with E-state index in [1.807, 2.05) is 37.3 Å². The van der Waals surface area contributed by atoms with E-state index in [0.29, 0.717) is 11.7 Å². The third kappa shape index (κ3) is 3.43. The molecule has 2 N–H and O–H groups in total. The molecule has 0 aliphatic carbocycles. The topological polar surface area (TPSA) is 83.8 Å². The molecule has 0 atom stereocenters. The van der Waals surface area contributed by atoms with Crippen LogP contribution in [0.15, 0.2) is 39.9 Å². The van der Waals surface area contributed by atoms with Gasteiger partial charge in [0.15, 0.2) is 0 Å². The number of H-pyrrole nitrogens is 1. The first-order chi connectivity index (χ1) is 10.2. The molecule has 0 aliphatic rings. The number of carbonyl (C=O) groups excluding carboxylic acids is 1. The van der Waals surface area contributed by atoms with Crippen molar-refractivity contribution in [3.63, 3.8) is 0 Å². The van der Waals surface area contributed by atoms with Crippen molar-refractivity contribution in [1.82, 2.24) is 20.5 Å². The molecule has 0 bridgehead atoms. The van der Waals surface area contributed by atoms with Crippen molar-refractivity contribution in [2.24, 2.45) is 0 Å². The minimum absolute atomic E-state index is 0.0806. The minimum Gasteiger partial charge on any atom is -0.459 e. The average Bonchev–Trinajstić information content (AvgIpc) is 3.08. The molecule has 0 spiro atoms. The Hall–Kier alpha value is -2.28. The van der Waals surface area contributed by atoms with Gasteiger partial charge in [0.2, 0.25) is 11.1 Å². The molecule has 1 aromatic carbocycles. The average molecular weight is 302 g/mol. The molecule has 2 aromatic heterocycles. The van der Waals surface area contributed by atoms with Crippen LogP contribution in [0.3, 0.4) is 0 Å². The Labute approximate surface area is 125 Å². The zero-order chi connectivity index (χ0) is 14.7. The molecule has 3 aromatic rings. The summed E-state index contributed by atoms with van der Waals surface area (Å²) < 4.78 is 5.63. The predicted octanol–water partition coefficient (Wildman–Crippen LogP) is 2.27. The fourth-order valence-electron chi connectivity index (χ4n) is 1.88. The molecule has 7 heteroatoms. The van der Waals surface area contributed by atoms with Gasteiger partial charge in [-0.3, -0.25) is 9.89 Å². The van der Waals surface area contributed by atoms with E-state index in [1.165, 1.54) is 11.8 Å². The fourth-order valence-corrected chi connectivity index (χ4v) is 2.55. The Kier molecular flexibility index (Phi) is 3.92. The fraction of sp³-hybridized carbons (Fsp3) is 0.214. The molecule has 0 unspecified atom stereocenters. The number of aryl methyl sites for hydroxylation is 1. The largest absolute Gasteiger partial charge is 0.459 e. The number of hydrogen-bond acceptors (Lipinski definition) is 5. The van der Waals surface area contributed by atoms with Crippen LogP contribution in [0.1, 0.15) is 11.6 Å². The van der Waals surface area contributed by atoms with E-state index >= 15 is 0 Å². The van der Waals surface area contributed by atoms with Gasteiger partial charge in [0.05, 0.1) is 12.3 Å². The molecule has 1 amide bonds. The maximum absolute atomic E-state index is 11.8. The van der Waals surface area contributed by atoms with E-state index in [1.54, 1.807) is 0 Å². The van der Waals surface area contributed by atoms with E-state index in [-0.39, 0.29) is 11.7 Å². The van der Waals surface area contributed by atoms with E-state index in [0.717, 1.165) is 22.6 Å². The zero-order valence-electron chi connectivity index (χ0n) is 11.4. The highest BCUT2D eigenvalue weighted by Gasteiger charge is 2.08. The second-order valence-corrected chi connectivity index (χ2v) is 5.46. The van der Waals surface area contributed by atoms with Crippen molar-refractivity contribution in [3.05, 3.63) is 41.9 Å². The Bertz CT molecular complexity index is 732. The molecule has 0 saturated heterocycles. The Balaban J connectivity index is 1.51. The van der Waals surface area contributed by atoms with Gasteiger partial charge in [-0.1, -0.05) is 30.0 Å². The summed E-state index contributed by atoms with van der Waals surface area (Å²) >= 11 is 1.29. The summed E-state index contributed by atoms with van der Waals surface area (Å²) in [6.07, 6.45) is 0. The van der Waals surface area contributed by atoms with E-state index < -0.39 is 0 Å². The van der Waals surface area contributed by atoms with Gasteiger partial charge in [-0.15, -0.1) is 5.10 Å². The standard InChI is InChI=1S/C14H14N4O2S/c1-9-16-14(18-17-9)21-8-13(19)15-7-11-6-10-4-2-3-5-12(10)20-11/h2-6H,7-8H2,1H3,(H,15,19)(H,16,17,18). The summed E-state index contributed by atoms with van der Waals surface area (Å²) in [6.45, 7) is 2.19. The first-order valence-electron chi connectivity index (χ1n) is 6.46. The Morgan fingerprint density at radius 2 is 2.29 bits per heavy atom. The zero-order valence-corrected chi connectivity index (χ0v) is 12.2. The SMILES string of the molecule is Cc1nc(SCC(=O)NCc2cc3ccccc3o2)n[nH]1. The van der Waals surface area contributed by atoms with Crippen LogP contribution >= 0.6 is 11.8 Å². The highest BCUT2D eigenvalue weighted by Crippen LogP contribution is 2.18. The quantitative estimate of drug-likeness (QED) is 0.706. The normalized spacial score (nSPS) is 10.9. The molecule has 2 heterocycles. The Morgan fingerprint density at radius 3 is 3.05 bits per heavy atom. The van der Waals surface area contributed by atoms with E-state index in [2.05, 4.69) is 20.5 Å². The van der Waals surface area contributed by atoms with Gasteiger partial charge in [-0.2, -0.15) is 0 Å². The van der Waals surface area contributed by atoms with Gasteiger partial charge in [-0.25, -0.2) is 4.98 Å². The molecule has 108 valence electrons. The van der Waals surface area contributed by atoms with Crippen LogP contribution in [0.2, 0.25) is 0 Å². The number of thioether (sulfide) groups is 1. The van der Waals surface area contributed by atoms with Crippen LogP contribution < -0.4 is 5.32 Å². The number of amides is 1. The van der Waals surface area contributed by atoms with E-state index in [9.17, 15) is 4.79 Å². The first kappa shape index (κ1) is 13.7. The lowest BCUT2D eigenvalue weighted by molar-refractivity contribution is -0.118. The highest BCUT2D eigenvalue weighted by molar-refractivity contribution is 7.99. The number of fused-ring (bicyclic) bond motifs is 1. The highest BCUT2D eigenvalue weighted by atomic mass is 32.2. The minimum atomic E-state index is -0.0806. The molecule has 21 heavy (non-hydrogen) atoms. The molecule has 0 saturated carbocycles. The monoisotopic (exact) mass is 302 g/mol. The smallest absolute Gasteiger partial charge is 0.230 e. The molecular weight excluding hydrogens is 288 g/mol. The molecule has 0 aliphatic heterocycles. The molecule has 6 nitrogen and oxygen atoms in total. The van der Waals surface area contributed by atoms with Gasteiger partial charge in [0.1, 0.15) is 17.2 Å².